The van der Waals surface area contributed by atoms with E-state index < -0.39 is 29.0 Å². The molecule has 4 nitrogen and oxygen atoms in total. The number of aryl methyl sites for hydroxylation is 2. The second-order valence-electron chi connectivity index (χ2n) is 8.02. The second-order valence-corrected chi connectivity index (χ2v) is 8.02. The highest BCUT2D eigenvalue weighted by Crippen LogP contribution is 2.19. The van der Waals surface area contributed by atoms with Crippen molar-refractivity contribution in [2.24, 2.45) is 0 Å². The van der Waals surface area contributed by atoms with E-state index in [9.17, 15) is 22.8 Å². The summed E-state index contributed by atoms with van der Waals surface area (Å²) in [7, 11) is 0. The van der Waals surface area contributed by atoms with Crippen molar-refractivity contribution in [1.82, 2.24) is 4.57 Å². The predicted octanol–water partition coefficient (Wildman–Crippen LogP) is 4.55. The molecule has 2 aromatic carbocycles. The van der Waals surface area contributed by atoms with Crippen molar-refractivity contribution in [3.05, 3.63) is 81.4 Å². The Morgan fingerprint density at radius 1 is 1.00 bits per heavy atom. The Labute approximate surface area is 171 Å². The maximum Gasteiger partial charge on any atom is 0.326 e. The van der Waals surface area contributed by atoms with Gasteiger partial charge in [0.1, 0.15) is 12.1 Å². The summed E-state index contributed by atoms with van der Waals surface area (Å²) in [4.78, 5) is 25.0. The number of benzene rings is 2. The quantitative estimate of drug-likeness (QED) is 0.452. The van der Waals surface area contributed by atoms with Crippen molar-refractivity contribution in [2.75, 3.05) is 0 Å². The predicted molar refractivity (Wildman–Crippen MR) is 108 cm³/mol. The van der Waals surface area contributed by atoms with Crippen LogP contribution in [-0.2, 0) is 28.9 Å². The highest BCUT2D eigenvalue weighted by Gasteiger charge is 2.19. The lowest BCUT2D eigenvalue weighted by atomic mass is 10.0. The number of carbonyl (C=O) groups is 1. The molecule has 0 fully saturated rings. The molecule has 0 aliphatic carbocycles. The summed E-state index contributed by atoms with van der Waals surface area (Å²) in [5.74, 6) is -4.53. The second kappa shape index (κ2) is 8.34. The summed E-state index contributed by atoms with van der Waals surface area (Å²) >= 11 is 0. The Morgan fingerprint density at radius 2 is 1.70 bits per heavy atom. The van der Waals surface area contributed by atoms with Gasteiger partial charge in [0, 0.05) is 17.1 Å². The molecule has 3 rings (SSSR count). The fourth-order valence-corrected chi connectivity index (χ4v) is 3.30. The van der Waals surface area contributed by atoms with Gasteiger partial charge in [-0.2, -0.15) is 0 Å². The van der Waals surface area contributed by atoms with Gasteiger partial charge < -0.3 is 9.30 Å². The van der Waals surface area contributed by atoms with E-state index in [1.165, 1.54) is 12.1 Å². The Kier molecular flexibility index (Phi) is 6.01. The SMILES string of the molecule is CC(C)(C)OC(=O)Cn1c(CCc2ccc(F)c(F)c2F)cc(=O)c2ccccc21. The van der Waals surface area contributed by atoms with Crippen LogP contribution >= 0.6 is 0 Å². The Morgan fingerprint density at radius 3 is 2.40 bits per heavy atom. The van der Waals surface area contributed by atoms with Gasteiger partial charge in [-0.3, -0.25) is 9.59 Å². The highest BCUT2D eigenvalue weighted by atomic mass is 19.2. The highest BCUT2D eigenvalue weighted by molar-refractivity contribution is 5.81. The minimum atomic E-state index is -1.53. The van der Waals surface area contributed by atoms with Gasteiger partial charge in [-0.25, -0.2) is 13.2 Å². The smallest absolute Gasteiger partial charge is 0.326 e. The van der Waals surface area contributed by atoms with Crippen LogP contribution in [-0.4, -0.2) is 16.1 Å². The molecular weight excluding hydrogens is 395 g/mol. The van der Waals surface area contributed by atoms with E-state index in [2.05, 4.69) is 0 Å². The van der Waals surface area contributed by atoms with Crippen molar-refractivity contribution in [3.63, 3.8) is 0 Å². The van der Waals surface area contributed by atoms with Crippen LogP contribution in [0.3, 0.4) is 0 Å². The first-order valence-electron chi connectivity index (χ1n) is 9.52. The first kappa shape index (κ1) is 21.6. The van der Waals surface area contributed by atoms with Gasteiger partial charge in [0.15, 0.2) is 22.9 Å². The van der Waals surface area contributed by atoms with Crippen LogP contribution in [0.5, 0.6) is 0 Å². The van der Waals surface area contributed by atoms with Gasteiger partial charge in [-0.15, -0.1) is 0 Å². The zero-order valence-electron chi connectivity index (χ0n) is 17.0. The van der Waals surface area contributed by atoms with Gasteiger partial charge in [-0.1, -0.05) is 18.2 Å². The van der Waals surface area contributed by atoms with Gasteiger partial charge in [0.05, 0.1) is 5.52 Å². The van der Waals surface area contributed by atoms with Crippen LogP contribution in [0, 0.1) is 17.5 Å². The van der Waals surface area contributed by atoms with Crippen LogP contribution < -0.4 is 5.43 Å². The van der Waals surface area contributed by atoms with Crippen molar-refractivity contribution < 1.29 is 22.7 Å². The number of carbonyl (C=O) groups excluding carboxylic acids is 1. The molecule has 0 spiro atoms. The fourth-order valence-electron chi connectivity index (χ4n) is 3.30. The third-order valence-corrected chi connectivity index (χ3v) is 4.58. The summed E-state index contributed by atoms with van der Waals surface area (Å²) in [5, 5.41) is 0.434. The van der Waals surface area contributed by atoms with Crippen LogP contribution in [0.1, 0.15) is 32.0 Å². The number of fused-ring (bicyclic) bond motifs is 1. The molecule has 0 saturated heterocycles. The number of para-hydroxylation sites is 1. The van der Waals surface area contributed by atoms with E-state index in [0.29, 0.717) is 16.6 Å². The molecule has 0 radical (unpaired) electrons. The van der Waals surface area contributed by atoms with E-state index in [0.717, 1.165) is 6.07 Å². The van der Waals surface area contributed by atoms with Gasteiger partial charge in [-0.05, 0) is 57.4 Å². The van der Waals surface area contributed by atoms with Crippen molar-refractivity contribution in [3.8, 4) is 0 Å². The zero-order valence-corrected chi connectivity index (χ0v) is 17.0. The molecular formula is C23H22F3NO3. The summed E-state index contributed by atoms with van der Waals surface area (Å²) in [6.07, 6.45) is 0.167. The largest absolute Gasteiger partial charge is 0.459 e. The number of hydrogen-bond donors (Lipinski definition) is 0. The molecule has 7 heteroatoms. The Hall–Kier alpha value is -3.09. The lowest BCUT2D eigenvalue weighted by molar-refractivity contribution is -0.155. The van der Waals surface area contributed by atoms with Gasteiger partial charge in [0.2, 0.25) is 0 Å². The molecule has 0 bridgehead atoms. The van der Waals surface area contributed by atoms with Crippen LogP contribution in [0.4, 0.5) is 13.2 Å². The van der Waals surface area contributed by atoms with E-state index in [-0.39, 0.29) is 30.4 Å². The first-order valence-corrected chi connectivity index (χ1v) is 9.52. The topological polar surface area (TPSA) is 48.3 Å². The fraction of sp³-hybridized carbons (Fsp3) is 0.304. The maximum absolute atomic E-state index is 14.0. The number of esters is 1. The van der Waals surface area contributed by atoms with E-state index >= 15 is 0 Å². The molecule has 0 unspecified atom stereocenters. The third-order valence-electron chi connectivity index (χ3n) is 4.58. The molecule has 0 N–H and O–H groups in total. The molecule has 0 amide bonds. The van der Waals surface area contributed by atoms with Crippen LogP contribution in [0.25, 0.3) is 10.9 Å². The van der Waals surface area contributed by atoms with E-state index in [1.807, 2.05) is 0 Å². The number of aromatic nitrogens is 1. The van der Waals surface area contributed by atoms with Crippen LogP contribution in [0.15, 0.2) is 47.3 Å². The number of halogens is 3. The number of pyridine rings is 1. The maximum atomic E-state index is 14.0. The van der Waals surface area contributed by atoms with E-state index in [1.54, 1.807) is 49.6 Å². The van der Waals surface area contributed by atoms with Crippen molar-refractivity contribution in [1.29, 1.82) is 0 Å². The zero-order chi connectivity index (χ0) is 22.1. The summed E-state index contributed by atoms with van der Waals surface area (Å²) in [5.41, 5.74) is 0.0661. The number of rotatable bonds is 5. The monoisotopic (exact) mass is 417 g/mol. The summed E-state index contributed by atoms with van der Waals surface area (Å²) in [6.45, 7) is 5.11. The molecule has 0 aliphatic rings. The standard InChI is InChI=1S/C23H22F3NO3/c1-23(2,3)30-20(29)13-27-15(12-19(28)16-6-4-5-7-18(16)27)10-8-14-9-11-17(24)22(26)21(14)25/h4-7,9,11-12H,8,10,13H2,1-3H3. The molecule has 0 atom stereocenters. The molecule has 1 aromatic heterocycles. The lowest BCUT2D eigenvalue weighted by Gasteiger charge is -2.22. The molecule has 0 aliphatic heterocycles. The van der Waals surface area contributed by atoms with Gasteiger partial charge >= 0.3 is 5.97 Å². The molecule has 0 saturated carbocycles. The van der Waals surface area contributed by atoms with Crippen molar-refractivity contribution >= 4 is 16.9 Å². The number of hydrogen-bond acceptors (Lipinski definition) is 3. The molecule has 158 valence electrons. The molecule has 3 aromatic rings. The number of ether oxygens (including phenoxy) is 1. The molecule has 30 heavy (non-hydrogen) atoms. The van der Waals surface area contributed by atoms with Gasteiger partial charge in [0.25, 0.3) is 0 Å². The lowest BCUT2D eigenvalue weighted by Crippen LogP contribution is -2.28. The van der Waals surface area contributed by atoms with Crippen molar-refractivity contribution in [2.45, 2.75) is 45.8 Å². The summed E-state index contributed by atoms with van der Waals surface area (Å²) in [6, 6.07) is 10.2. The molecule has 1 heterocycles. The van der Waals surface area contributed by atoms with Crippen LogP contribution in [0.2, 0.25) is 0 Å². The minimum absolute atomic E-state index is 0.0154. The average molecular weight is 417 g/mol. The normalized spacial score (nSPS) is 11.7. The Bertz CT molecular complexity index is 1160. The first-order chi connectivity index (χ1) is 14.1. The number of nitrogens with zero attached hydrogens (tertiary/aromatic N) is 1. The average Bonchev–Trinajstić information content (AvgIpc) is 2.67. The third kappa shape index (κ3) is 4.72. The Balaban J connectivity index is 2.00. The minimum Gasteiger partial charge on any atom is -0.459 e. The van der Waals surface area contributed by atoms with E-state index in [4.69, 9.17) is 4.74 Å². The summed E-state index contributed by atoms with van der Waals surface area (Å²) < 4.78 is 47.8.